The first-order valence-electron chi connectivity index (χ1n) is 36.2. The van der Waals surface area contributed by atoms with Crippen LogP contribution in [0.3, 0.4) is 0 Å². The monoisotopic (exact) mass is 1420 g/mol. The van der Waals surface area contributed by atoms with Crippen molar-refractivity contribution < 1.29 is 19.1 Å². The molecule has 0 aliphatic carbocycles. The Bertz CT molecular complexity index is 6190. The van der Waals surface area contributed by atoms with Crippen molar-refractivity contribution in [3.8, 4) is 85.1 Å². The number of fused-ring (bicyclic) bond motifs is 7. The quantitative estimate of drug-likeness (QED) is 0.0515. The summed E-state index contributed by atoms with van der Waals surface area (Å²) in [6.07, 6.45) is 0. The van der Waals surface area contributed by atoms with Crippen molar-refractivity contribution in [3.63, 3.8) is 0 Å². The number of hydrogen-bond acceptors (Lipinski definition) is 12. The number of para-hydroxylation sites is 2. The number of rotatable bonds is 16. The van der Waals surface area contributed by atoms with Gasteiger partial charge in [0.05, 0.1) is 34.4 Å². The van der Waals surface area contributed by atoms with Crippen LogP contribution in [0.25, 0.3) is 112 Å². The van der Waals surface area contributed by atoms with Gasteiger partial charge in [0.25, 0.3) is 6.71 Å². The van der Waals surface area contributed by atoms with Crippen molar-refractivity contribution in [2.45, 2.75) is 13.2 Å². The summed E-state index contributed by atoms with van der Waals surface area (Å²) in [5, 5.41) is 1.83. The first kappa shape index (κ1) is 65.7. The van der Waals surface area contributed by atoms with E-state index in [0.717, 1.165) is 122 Å². The van der Waals surface area contributed by atoms with Crippen LogP contribution in [0, 0.1) is 6.57 Å². The van der Waals surface area contributed by atoms with Crippen molar-refractivity contribution in [1.82, 2.24) is 34.5 Å². The van der Waals surface area contributed by atoms with Gasteiger partial charge in [-0.05, 0) is 130 Å². The van der Waals surface area contributed by atoms with E-state index in [2.05, 4.69) is 104 Å². The molecule has 2 aliphatic rings. The van der Waals surface area contributed by atoms with Gasteiger partial charge in [0.15, 0.2) is 40.6 Å². The second-order valence-corrected chi connectivity index (χ2v) is 27.1. The molecule has 0 radical (unpaired) electrons. The molecular formula is C95H61BN10O4. The molecule has 0 amide bonds. The summed E-state index contributed by atoms with van der Waals surface area (Å²) in [6.45, 7) is 8.28. The van der Waals surface area contributed by atoms with E-state index in [4.69, 9.17) is 45.9 Å². The summed E-state index contributed by atoms with van der Waals surface area (Å²) in [4.78, 5) is 68.9. The molecule has 2 aliphatic heterocycles. The fourth-order valence-corrected chi connectivity index (χ4v) is 15.2. The van der Waals surface area contributed by atoms with Gasteiger partial charge in [0, 0.05) is 78.3 Å². The van der Waals surface area contributed by atoms with Crippen LogP contribution >= 0.6 is 0 Å². The molecule has 15 heteroatoms. The number of carbonyl (C=O) groups excluding carboxylic acids is 2. The molecule has 0 unspecified atom stereocenters. The predicted octanol–water partition coefficient (Wildman–Crippen LogP) is 20.2. The third kappa shape index (κ3) is 12.2. The van der Waals surface area contributed by atoms with Crippen molar-refractivity contribution in [2.75, 3.05) is 9.80 Å². The fourth-order valence-electron chi connectivity index (χ4n) is 15.2. The van der Waals surface area contributed by atoms with Gasteiger partial charge < -0.3 is 23.8 Å². The minimum atomic E-state index is -0.457. The first-order chi connectivity index (χ1) is 54.3. The lowest BCUT2D eigenvalue weighted by atomic mass is 9.33. The van der Waals surface area contributed by atoms with Gasteiger partial charge in [-0.3, -0.25) is 0 Å². The smallest absolute Gasteiger partial charge is 0.338 e. The van der Waals surface area contributed by atoms with Gasteiger partial charge in [-0.1, -0.05) is 255 Å². The molecular weight excluding hydrogens is 1360 g/mol. The molecule has 518 valence electrons. The van der Waals surface area contributed by atoms with Crippen LogP contribution in [0.15, 0.2) is 346 Å². The molecule has 0 spiro atoms. The SMILES string of the molecule is [C-]#[N+]c1ccc(-n2c3ccc(-c4cc5c6c(c4)N(c4ccccc4)c4cc(C(=O)OCc7ccccc7)ccc4B6c4ccc(C(=O)OCc6ccccc6)cc4N5c4ccccc4)cc3c3ccc(-c4nc(-c5ccccc5)nc(-c5ccccc5)n4)cc32)c(-c2nc(-c3ccccc3)nc(-c3ccccc3)n2)c1. The molecule has 0 N–H and O–H groups in total. The van der Waals surface area contributed by atoms with Gasteiger partial charge >= 0.3 is 11.9 Å². The Kier molecular flexibility index (Phi) is 16.8. The topological polar surface area (TPSA) is 146 Å². The van der Waals surface area contributed by atoms with Gasteiger partial charge in [0.2, 0.25) is 0 Å². The maximum Gasteiger partial charge on any atom is 0.338 e. The average molecular weight is 1420 g/mol. The molecule has 0 fully saturated rings. The van der Waals surface area contributed by atoms with E-state index in [1.807, 2.05) is 261 Å². The molecule has 3 aromatic heterocycles. The normalized spacial score (nSPS) is 11.9. The number of esters is 2. The van der Waals surface area contributed by atoms with E-state index >= 15 is 0 Å². The largest absolute Gasteiger partial charge is 0.457 e. The summed E-state index contributed by atoms with van der Waals surface area (Å²) in [5.74, 6) is 1.94. The van der Waals surface area contributed by atoms with Crippen molar-refractivity contribution >= 4 is 96.7 Å². The molecule has 5 heterocycles. The highest BCUT2D eigenvalue weighted by Gasteiger charge is 2.44. The lowest BCUT2D eigenvalue weighted by Crippen LogP contribution is -2.61. The molecule has 0 bridgehead atoms. The van der Waals surface area contributed by atoms with Crippen molar-refractivity contribution in [2.24, 2.45) is 0 Å². The molecule has 0 atom stereocenters. The minimum absolute atomic E-state index is 0.102. The standard InChI is InChI=1S/C95H61BN10O4/c1-97-72-46-51-81(77(58-72)93-102-90(65-34-18-6-19-35-65)99-91(103-93)66-36-20-7-21-37-66)106-80-50-45-67(52-76(80)75-47-42-68(53-82(75)106)92-100-88(63-30-14-4-15-31-63)98-89(101-92)64-32-16-5-17-33-64)71-56-85-87-86(57-71)105(74-40-24-9-25-41-74)84-55-70(95(108)110-60-62-28-12-3-13-29-62)44-49-79(84)96(87)78-48-43-69(94(107)109-59-61-26-10-2-11-27-61)54-83(78)104(85)73-38-22-8-23-39-73/h2-58H,59-60H2. The zero-order chi connectivity index (χ0) is 73.6. The molecule has 14 aromatic carbocycles. The van der Waals surface area contributed by atoms with Crippen LogP contribution in [-0.4, -0.2) is 53.1 Å². The van der Waals surface area contributed by atoms with Gasteiger partial charge in [-0.2, -0.15) is 0 Å². The van der Waals surface area contributed by atoms with Crippen LogP contribution in [0.2, 0.25) is 0 Å². The van der Waals surface area contributed by atoms with Gasteiger partial charge in [0.1, 0.15) is 13.2 Å². The number of benzene rings is 14. The number of nitrogens with zero attached hydrogens (tertiary/aromatic N) is 10. The second-order valence-electron chi connectivity index (χ2n) is 27.1. The van der Waals surface area contributed by atoms with E-state index in [1.165, 1.54) is 0 Å². The highest BCUT2D eigenvalue weighted by atomic mass is 16.5. The minimum Gasteiger partial charge on any atom is -0.457 e. The van der Waals surface area contributed by atoms with Crippen LogP contribution in [0.4, 0.5) is 39.8 Å². The van der Waals surface area contributed by atoms with E-state index in [9.17, 15) is 9.59 Å². The summed E-state index contributed by atoms with van der Waals surface area (Å²) in [7, 11) is 0. The second kappa shape index (κ2) is 28.1. The fraction of sp³-hybridized carbons (Fsp3) is 0.0211. The predicted molar refractivity (Wildman–Crippen MR) is 437 cm³/mol. The van der Waals surface area contributed by atoms with Crippen LogP contribution in [0.1, 0.15) is 31.8 Å². The third-order valence-corrected chi connectivity index (χ3v) is 20.3. The average Bonchev–Trinajstić information content (AvgIpc) is 0.800. The number of aromatic nitrogens is 7. The Morgan fingerprint density at radius 2 is 0.736 bits per heavy atom. The maximum absolute atomic E-state index is 14.5. The summed E-state index contributed by atoms with van der Waals surface area (Å²) >= 11 is 0. The summed E-state index contributed by atoms with van der Waals surface area (Å²) in [6, 6.07) is 115. The number of hydrogen-bond donors (Lipinski definition) is 0. The number of carbonyl (C=O) groups is 2. The third-order valence-electron chi connectivity index (χ3n) is 20.3. The Hall–Kier alpha value is -15.0. The highest BCUT2D eigenvalue weighted by Crippen LogP contribution is 2.48. The van der Waals surface area contributed by atoms with E-state index < -0.39 is 18.7 Å². The maximum atomic E-state index is 14.5. The molecule has 0 saturated heterocycles. The van der Waals surface area contributed by atoms with Crippen molar-refractivity contribution in [1.29, 1.82) is 0 Å². The Morgan fingerprint density at radius 1 is 0.327 bits per heavy atom. The summed E-state index contributed by atoms with van der Waals surface area (Å²) in [5.41, 5.74) is 19.7. The first-order valence-corrected chi connectivity index (χ1v) is 36.2. The zero-order valence-corrected chi connectivity index (χ0v) is 59.0. The van der Waals surface area contributed by atoms with Crippen LogP contribution in [-0.2, 0) is 22.7 Å². The number of ether oxygens (including phenoxy) is 2. The Labute approximate surface area is 634 Å². The summed E-state index contributed by atoms with van der Waals surface area (Å²) < 4.78 is 14.4. The number of anilines is 6. The molecule has 19 rings (SSSR count). The van der Waals surface area contributed by atoms with Gasteiger partial charge in [-0.15, -0.1) is 0 Å². The zero-order valence-electron chi connectivity index (χ0n) is 59.0. The Morgan fingerprint density at radius 3 is 1.18 bits per heavy atom. The molecule has 17 aromatic rings. The van der Waals surface area contributed by atoms with Gasteiger partial charge in [-0.25, -0.2) is 44.3 Å². The van der Waals surface area contributed by atoms with E-state index in [-0.39, 0.29) is 13.2 Å². The van der Waals surface area contributed by atoms with Crippen LogP contribution in [0.5, 0.6) is 0 Å². The lowest BCUT2D eigenvalue weighted by molar-refractivity contribution is 0.0464. The van der Waals surface area contributed by atoms with Crippen LogP contribution < -0.4 is 26.2 Å². The van der Waals surface area contributed by atoms with E-state index in [0.29, 0.717) is 63.0 Å². The highest BCUT2D eigenvalue weighted by molar-refractivity contribution is 7.00. The Balaban J connectivity index is 0.852. The molecule has 0 saturated carbocycles. The molecule has 14 nitrogen and oxygen atoms in total. The lowest BCUT2D eigenvalue weighted by Gasteiger charge is -2.44. The molecule has 110 heavy (non-hydrogen) atoms. The van der Waals surface area contributed by atoms with Crippen molar-refractivity contribution in [3.05, 3.63) is 379 Å². The van der Waals surface area contributed by atoms with E-state index in [1.54, 1.807) is 0 Å².